The quantitative estimate of drug-likeness (QED) is 0.390. The standard InChI is InChI=1S/C14H13NO9S2/c1-21-12(16)8-5-9(13(17)22-2)7-10(6-8)26(19,20)24-15-11-14(18)23-3-4-25-11/h5-7H,3-4H2,1-2H3/b15-11-. The third-order valence-corrected chi connectivity index (χ3v) is 4.95. The van der Waals surface area contributed by atoms with Crippen LogP contribution in [0.15, 0.2) is 28.3 Å². The summed E-state index contributed by atoms with van der Waals surface area (Å²) in [7, 11) is -2.35. The van der Waals surface area contributed by atoms with E-state index in [0.29, 0.717) is 5.75 Å². The van der Waals surface area contributed by atoms with Crippen LogP contribution in [0.4, 0.5) is 0 Å². The van der Waals surface area contributed by atoms with E-state index in [1.54, 1.807) is 0 Å². The highest BCUT2D eigenvalue weighted by Crippen LogP contribution is 2.20. The smallest absolute Gasteiger partial charge is 0.367 e. The monoisotopic (exact) mass is 403 g/mol. The number of carbonyl (C=O) groups excluding carboxylic acids is 3. The summed E-state index contributed by atoms with van der Waals surface area (Å²) in [4.78, 5) is 34.3. The summed E-state index contributed by atoms with van der Waals surface area (Å²) in [6.45, 7) is 0.179. The Morgan fingerprint density at radius 2 is 1.69 bits per heavy atom. The number of benzene rings is 1. The molecule has 1 aromatic rings. The van der Waals surface area contributed by atoms with Gasteiger partial charge in [0.05, 0.1) is 25.3 Å². The predicted octanol–water partition coefficient (Wildman–Crippen LogP) is 0.569. The molecular weight excluding hydrogens is 390 g/mol. The van der Waals surface area contributed by atoms with E-state index in [0.717, 1.165) is 44.2 Å². The zero-order valence-electron chi connectivity index (χ0n) is 13.6. The summed E-state index contributed by atoms with van der Waals surface area (Å²) in [6, 6.07) is 3.00. The van der Waals surface area contributed by atoms with Gasteiger partial charge in [0, 0.05) is 5.75 Å². The number of hydrogen-bond donors (Lipinski definition) is 0. The van der Waals surface area contributed by atoms with E-state index in [4.69, 9.17) is 4.74 Å². The van der Waals surface area contributed by atoms with Crippen LogP contribution in [-0.2, 0) is 33.4 Å². The molecule has 12 heteroatoms. The van der Waals surface area contributed by atoms with Gasteiger partial charge in [0.1, 0.15) is 11.5 Å². The lowest BCUT2D eigenvalue weighted by atomic mass is 10.1. The van der Waals surface area contributed by atoms with Gasteiger partial charge in [0.15, 0.2) is 0 Å². The molecule has 26 heavy (non-hydrogen) atoms. The van der Waals surface area contributed by atoms with Gasteiger partial charge in [-0.15, -0.1) is 0 Å². The second kappa shape index (κ2) is 8.19. The molecule has 0 spiro atoms. The SMILES string of the molecule is COC(=O)c1cc(C(=O)OC)cc(S(=O)(=O)O/N=C2\SCCOC2=O)c1. The molecule has 0 N–H and O–H groups in total. The highest BCUT2D eigenvalue weighted by molar-refractivity contribution is 8.15. The molecule has 0 bridgehead atoms. The maximum Gasteiger partial charge on any atom is 0.367 e. The van der Waals surface area contributed by atoms with Gasteiger partial charge >= 0.3 is 28.0 Å². The molecule has 1 aromatic carbocycles. The Balaban J connectivity index is 2.40. The summed E-state index contributed by atoms with van der Waals surface area (Å²) in [5, 5.41) is 3.02. The van der Waals surface area contributed by atoms with Gasteiger partial charge in [-0.3, -0.25) is 4.28 Å². The predicted molar refractivity (Wildman–Crippen MR) is 88.2 cm³/mol. The first-order chi connectivity index (χ1) is 12.3. The van der Waals surface area contributed by atoms with Crippen LogP contribution >= 0.6 is 11.8 Å². The van der Waals surface area contributed by atoms with Crippen LogP contribution in [0.1, 0.15) is 20.7 Å². The fourth-order valence-electron chi connectivity index (χ4n) is 1.80. The fourth-order valence-corrected chi connectivity index (χ4v) is 3.27. The number of methoxy groups -OCH3 is 2. The van der Waals surface area contributed by atoms with Crippen LogP contribution in [0.5, 0.6) is 0 Å². The third-order valence-electron chi connectivity index (χ3n) is 2.99. The lowest BCUT2D eigenvalue weighted by molar-refractivity contribution is -0.135. The molecule has 0 aromatic heterocycles. The van der Waals surface area contributed by atoms with Gasteiger partial charge < -0.3 is 14.2 Å². The normalized spacial score (nSPS) is 15.9. The Kier molecular flexibility index (Phi) is 6.21. The fraction of sp³-hybridized carbons (Fsp3) is 0.286. The number of esters is 3. The van der Waals surface area contributed by atoms with Crippen molar-refractivity contribution in [2.45, 2.75) is 4.90 Å². The molecule has 0 aliphatic carbocycles. The molecule has 0 unspecified atom stereocenters. The Bertz CT molecular complexity index is 842. The second-order valence-corrected chi connectivity index (χ2v) is 7.25. The number of rotatable bonds is 5. The van der Waals surface area contributed by atoms with Crippen LogP contribution in [-0.4, -0.2) is 57.9 Å². The van der Waals surface area contributed by atoms with Crippen LogP contribution in [0.3, 0.4) is 0 Å². The van der Waals surface area contributed by atoms with E-state index in [-0.39, 0.29) is 22.8 Å². The molecule has 1 aliphatic rings. The maximum atomic E-state index is 12.3. The third kappa shape index (κ3) is 4.52. The van der Waals surface area contributed by atoms with Crippen molar-refractivity contribution in [2.24, 2.45) is 5.16 Å². The Hall–Kier alpha value is -2.60. The first kappa shape index (κ1) is 19.7. The average molecular weight is 403 g/mol. The number of oxime groups is 1. The highest BCUT2D eigenvalue weighted by Gasteiger charge is 2.25. The van der Waals surface area contributed by atoms with Crippen LogP contribution in [0, 0.1) is 0 Å². The van der Waals surface area contributed by atoms with Crippen molar-refractivity contribution in [1.29, 1.82) is 0 Å². The molecule has 1 saturated heterocycles. The van der Waals surface area contributed by atoms with Gasteiger partial charge in [0.25, 0.3) is 0 Å². The average Bonchev–Trinajstić information content (AvgIpc) is 2.65. The summed E-state index contributed by atoms with van der Waals surface area (Å²) in [5.74, 6) is -2.15. The lowest BCUT2D eigenvalue weighted by Gasteiger charge is -2.11. The van der Waals surface area contributed by atoms with Crippen LogP contribution < -0.4 is 0 Å². The van der Waals surface area contributed by atoms with Crippen molar-refractivity contribution in [3.63, 3.8) is 0 Å². The van der Waals surface area contributed by atoms with Crippen molar-refractivity contribution in [3.05, 3.63) is 29.3 Å². The Morgan fingerprint density at radius 1 is 1.12 bits per heavy atom. The van der Waals surface area contributed by atoms with E-state index in [1.165, 1.54) is 0 Å². The zero-order valence-corrected chi connectivity index (χ0v) is 15.2. The number of carbonyl (C=O) groups is 3. The van der Waals surface area contributed by atoms with E-state index in [2.05, 4.69) is 18.9 Å². The topological polar surface area (TPSA) is 135 Å². The summed E-state index contributed by atoms with van der Waals surface area (Å²) < 4.78 is 42.9. The maximum absolute atomic E-state index is 12.3. The van der Waals surface area contributed by atoms with Gasteiger partial charge in [-0.1, -0.05) is 16.9 Å². The van der Waals surface area contributed by atoms with Crippen molar-refractivity contribution in [3.8, 4) is 0 Å². The summed E-state index contributed by atoms with van der Waals surface area (Å²) in [6.07, 6.45) is 0. The van der Waals surface area contributed by atoms with Gasteiger partial charge in [-0.05, 0) is 18.2 Å². The molecule has 1 aliphatic heterocycles. The highest BCUT2D eigenvalue weighted by atomic mass is 32.2. The number of nitrogens with zero attached hydrogens (tertiary/aromatic N) is 1. The minimum atomic E-state index is -4.54. The van der Waals surface area contributed by atoms with Crippen molar-refractivity contribution in [1.82, 2.24) is 0 Å². The molecule has 0 atom stereocenters. The lowest BCUT2D eigenvalue weighted by Crippen LogP contribution is -2.23. The van der Waals surface area contributed by atoms with Crippen LogP contribution in [0.25, 0.3) is 0 Å². The van der Waals surface area contributed by atoms with E-state index in [1.807, 2.05) is 0 Å². The van der Waals surface area contributed by atoms with Gasteiger partial charge in [0.2, 0.25) is 5.04 Å². The molecule has 10 nitrogen and oxygen atoms in total. The Morgan fingerprint density at radius 3 is 2.19 bits per heavy atom. The van der Waals surface area contributed by atoms with E-state index < -0.39 is 32.9 Å². The van der Waals surface area contributed by atoms with E-state index >= 15 is 0 Å². The number of hydrogen-bond acceptors (Lipinski definition) is 11. The number of thioether (sulfide) groups is 1. The Labute approximate surface area is 152 Å². The van der Waals surface area contributed by atoms with Gasteiger partial charge in [-0.25, -0.2) is 14.4 Å². The van der Waals surface area contributed by atoms with E-state index in [9.17, 15) is 22.8 Å². The number of cyclic esters (lactones) is 1. The first-order valence-electron chi connectivity index (χ1n) is 6.92. The summed E-state index contributed by atoms with van der Waals surface area (Å²) >= 11 is 0.968. The van der Waals surface area contributed by atoms with Gasteiger partial charge in [-0.2, -0.15) is 8.42 Å². The summed E-state index contributed by atoms with van der Waals surface area (Å²) in [5.41, 5.74) is -0.423. The second-order valence-electron chi connectivity index (χ2n) is 4.64. The molecule has 2 rings (SSSR count). The van der Waals surface area contributed by atoms with Crippen molar-refractivity contribution < 1.29 is 41.3 Å². The zero-order chi connectivity index (χ0) is 19.3. The minimum absolute atomic E-state index is 0.179. The molecule has 1 heterocycles. The largest absolute Gasteiger partial charge is 0.465 e. The number of ether oxygens (including phenoxy) is 3. The van der Waals surface area contributed by atoms with Crippen LogP contribution in [0.2, 0.25) is 0 Å². The molecule has 0 amide bonds. The molecule has 0 radical (unpaired) electrons. The molecule has 1 fully saturated rings. The molecular formula is C14H13NO9S2. The minimum Gasteiger partial charge on any atom is -0.465 e. The van der Waals surface area contributed by atoms with Crippen molar-refractivity contribution >= 4 is 44.8 Å². The molecule has 0 saturated carbocycles. The first-order valence-corrected chi connectivity index (χ1v) is 9.31. The van der Waals surface area contributed by atoms with Crippen molar-refractivity contribution in [2.75, 3.05) is 26.6 Å². The molecule has 140 valence electrons.